The van der Waals surface area contributed by atoms with Crippen molar-refractivity contribution in [1.29, 1.82) is 0 Å². The fraction of sp³-hybridized carbons (Fsp3) is 0.500. The number of hydrogen-bond donors (Lipinski definition) is 0. The van der Waals surface area contributed by atoms with Crippen LogP contribution in [0.25, 0.3) is 5.57 Å². The molecule has 0 heterocycles. The van der Waals surface area contributed by atoms with Gasteiger partial charge in [0, 0.05) is 0 Å². The minimum absolute atomic E-state index is 0.0375. The zero-order valence-corrected chi connectivity index (χ0v) is 13.4. The Morgan fingerprint density at radius 3 is 2.06 bits per heavy atom. The first kappa shape index (κ1) is 16.4. The van der Waals surface area contributed by atoms with Gasteiger partial charge in [0.25, 0.3) is 0 Å². The van der Waals surface area contributed by atoms with Gasteiger partial charge in [0.15, 0.2) is 0 Å². The second kappa shape index (κ2) is 8.48. The molecule has 0 atom stereocenters. The molecule has 0 radical (unpaired) electrons. The second-order valence-electron chi connectivity index (χ2n) is 4.12. The van der Waals surface area contributed by atoms with E-state index in [0.717, 1.165) is 6.42 Å². The lowest BCUT2D eigenvalue weighted by Crippen LogP contribution is -1.91. The lowest BCUT2D eigenvalue weighted by molar-refractivity contribution is 1.13. The first-order chi connectivity index (χ1) is 8.07. The van der Waals surface area contributed by atoms with Crippen molar-refractivity contribution in [1.82, 2.24) is 0 Å². The standard InChI is InChI=1S/C14H21P.C2H6/c1-6-13-9-7-8-10-14(13)11(2)12(3)15(4)5;1-2/h7-10H,6H2,1-5H3;1-2H3/b12-11-;. The van der Waals surface area contributed by atoms with Crippen molar-refractivity contribution in [2.75, 3.05) is 13.3 Å². The maximum Gasteiger partial charge on any atom is -0.0192 e. The molecule has 17 heavy (non-hydrogen) atoms. The molecule has 0 spiro atoms. The smallest absolute Gasteiger partial charge is 0.0192 e. The van der Waals surface area contributed by atoms with Gasteiger partial charge in [-0.1, -0.05) is 53.0 Å². The molecule has 0 aliphatic rings. The summed E-state index contributed by atoms with van der Waals surface area (Å²) in [4.78, 5) is 0. The SMILES string of the molecule is CC.CCc1ccccc1/C(C)=C(/C)P(C)C. The average Bonchev–Trinajstić information content (AvgIpc) is 2.39. The Balaban J connectivity index is 0.00000121. The Bertz CT molecular complexity index is 362. The summed E-state index contributed by atoms with van der Waals surface area (Å²) in [5.41, 5.74) is 4.38. The Hall–Kier alpha value is -0.610. The van der Waals surface area contributed by atoms with Crippen molar-refractivity contribution in [3.8, 4) is 0 Å². The predicted octanol–water partition coefficient (Wildman–Crippen LogP) is 5.77. The van der Waals surface area contributed by atoms with Gasteiger partial charge in [0.2, 0.25) is 0 Å². The van der Waals surface area contributed by atoms with Crippen LogP contribution in [0.4, 0.5) is 0 Å². The molecule has 0 aliphatic heterocycles. The lowest BCUT2D eigenvalue weighted by atomic mass is 9.99. The highest BCUT2D eigenvalue weighted by Gasteiger charge is 2.06. The third-order valence-electron chi connectivity index (χ3n) is 3.02. The molecule has 0 bridgehead atoms. The molecule has 1 aromatic rings. The van der Waals surface area contributed by atoms with Crippen molar-refractivity contribution >= 4 is 13.5 Å². The third-order valence-corrected chi connectivity index (χ3v) is 4.69. The number of allylic oxidation sites excluding steroid dienone is 2. The second-order valence-corrected chi connectivity index (χ2v) is 6.58. The van der Waals surface area contributed by atoms with E-state index in [1.807, 2.05) is 13.8 Å². The molecule has 0 saturated heterocycles. The molecule has 0 aliphatic carbocycles. The van der Waals surface area contributed by atoms with Crippen LogP contribution in [0.2, 0.25) is 0 Å². The summed E-state index contributed by atoms with van der Waals surface area (Å²) in [6, 6.07) is 8.75. The number of benzene rings is 1. The van der Waals surface area contributed by atoms with E-state index in [1.54, 1.807) is 5.31 Å². The molecule has 1 aromatic carbocycles. The summed E-state index contributed by atoms with van der Waals surface area (Å²) >= 11 is 0. The summed E-state index contributed by atoms with van der Waals surface area (Å²) < 4.78 is 0. The van der Waals surface area contributed by atoms with Gasteiger partial charge in [-0.15, -0.1) is 0 Å². The van der Waals surface area contributed by atoms with E-state index in [0.29, 0.717) is 0 Å². The average molecular weight is 250 g/mol. The van der Waals surface area contributed by atoms with Gasteiger partial charge in [-0.2, -0.15) is 0 Å². The largest absolute Gasteiger partial charge is 0.0861 e. The maximum absolute atomic E-state index is 2.32. The number of rotatable bonds is 3. The van der Waals surface area contributed by atoms with Crippen LogP contribution in [0.5, 0.6) is 0 Å². The van der Waals surface area contributed by atoms with Gasteiger partial charge in [-0.05, 0) is 55.6 Å². The highest BCUT2D eigenvalue weighted by atomic mass is 31.1. The van der Waals surface area contributed by atoms with Crippen molar-refractivity contribution < 1.29 is 0 Å². The normalized spacial score (nSPS) is 11.8. The van der Waals surface area contributed by atoms with Crippen LogP contribution in [0.15, 0.2) is 29.6 Å². The summed E-state index contributed by atoms with van der Waals surface area (Å²) in [7, 11) is 0.0375. The fourth-order valence-corrected chi connectivity index (χ4v) is 2.52. The summed E-state index contributed by atoms with van der Waals surface area (Å²) in [5.74, 6) is 0. The molecule has 1 heteroatoms. The van der Waals surface area contributed by atoms with Crippen molar-refractivity contribution in [2.45, 2.75) is 41.0 Å². The fourth-order valence-electron chi connectivity index (χ4n) is 1.72. The lowest BCUT2D eigenvalue weighted by Gasteiger charge is -2.14. The summed E-state index contributed by atoms with van der Waals surface area (Å²) in [5, 5.41) is 1.56. The van der Waals surface area contributed by atoms with Crippen LogP contribution >= 0.6 is 7.92 Å². The van der Waals surface area contributed by atoms with E-state index in [4.69, 9.17) is 0 Å². The molecule has 0 saturated carbocycles. The molecule has 0 amide bonds. The van der Waals surface area contributed by atoms with Gasteiger partial charge in [0.1, 0.15) is 0 Å². The van der Waals surface area contributed by atoms with E-state index in [2.05, 4.69) is 58.4 Å². The van der Waals surface area contributed by atoms with E-state index < -0.39 is 0 Å². The van der Waals surface area contributed by atoms with Crippen molar-refractivity contribution in [3.05, 3.63) is 40.7 Å². The van der Waals surface area contributed by atoms with Gasteiger partial charge >= 0.3 is 0 Å². The van der Waals surface area contributed by atoms with Crippen LogP contribution in [-0.2, 0) is 6.42 Å². The first-order valence-corrected chi connectivity index (χ1v) is 8.74. The third kappa shape index (κ3) is 4.64. The first-order valence-electron chi connectivity index (χ1n) is 6.51. The van der Waals surface area contributed by atoms with Crippen LogP contribution in [-0.4, -0.2) is 13.3 Å². The molecule has 0 nitrogen and oxygen atoms in total. The Morgan fingerprint density at radius 1 is 1.06 bits per heavy atom. The highest BCUT2D eigenvalue weighted by Crippen LogP contribution is 2.41. The maximum atomic E-state index is 2.32. The molecule has 0 aromatic heterocycles. The molecular weight excluding hydrogens is 223 g/mol. The number of aryl methyl sites for hydroxylation is 1. The van der Waals surface area contributed by atoms with E-state index in [9.17, 15) is 0 Å². The molecule has 1 rings (SSSR count). The Morgan fingerprint density at radius 2 is 1.59 bits per heavy atom. The zero-order chi connectivity index (χ0) is 13.4. The monoisotopic (exact) mass is 250 g/mol. The minimum Gasteiger partial charge on any atom is -0.0861 e. The minimum atomic E-state index is 0.0375. The van der Waals surface area contributed by atoms with Crippen molar-refractivity contribution in [2.24, 2.45) is 0 Å². The van der Waals surface area contributed by atoms with E-state index >= 15 is 0 Å². The molecule has 0 fully saturated rings. The van der Waals surface area contributed by atoms with Gasteiger partial charge < -0.3 is 0 Å². The van der Waals surface area contributed by atoms with Crippen LogP contribution in [0.3, 0.4) is 0 Å². The van der Waals surface area contributed by atoms with Gasteiger partial charge in [-0.3, -0.25) is 0 Å². The predicted molar refractivity (Wildman–Crippen MR) is 84.2 cm³/mol. The highest BCUT2D eigenvalue weighted by molar-refractivity contribution is 7.60. The molecular formula is C16H27P. The van der Waals surface area contributed by atoms with Crippen LogP contribution < -0.4 is 0 Å². The molecule has 0 unspecified atom stereocenters. The summed E-state index contributed by atoms with van der Waals surface area (Å²) in [6.07, 6.45) is 1.12. The van der Waals surface area contributed by atoms with E-state index in [1.165, 1.54) is 16.7 Å². The Labute approximate surface area is 109 Å². The topological polar surface area (TPSA) is 0 Å². The van der Waals surface area contributed by atoms with Gasteiger partial charge in [0.05, 0.1) is 0 Å². The van der Waals surface area contributed by atoms with Crippen LogP contribution in [0, 0.1) is 0 Å². The number of hydrogen-bond acceptors (Lipinski definition) is 0. The van der Waals surface area contributed by atoms with Crippen molar-refractivity contribution in [3.63, 3.8) is 0 Å². The molecule has 0 N–H and O–H groups in total. The summed E-state index contributed by atoms with van der Waals surface area (Å²) in [6.45, 7) is 15.4. The van der Waals surface area contributed by atoms with Gasteiger partial charge in [-0.25, -0.2) is 0 Å². The quantitative estimate of drug-likeness (QED) is 0.597. The Kier molecular flexibility index (Phi) is 8.17. The van der Waals surface area contributed by atoms with E-state index in [-0.39, 0.29) is 7.92 Å². The molecule has 96 valence electrons. The van der Waals surface area contributed by atoms with Crippen LogP contribution in [0.1, 0.15) is 45.7 Å². The zero-order valence-electron chi connectivity index (χ0n) is 12.5.